The monoisotopic (exact) mass is 321 g/mol. The molecule has 7 nitrogen and oxygen atoms in total. The van der Waals surface area contributed by atoms with Crippen molar-refractivity contribution in [3.05, 3.63) is 59.2 Å². The first kappa shape index (κ1) is 14.1. The number of para-hydroxylation sites is 1. The third kappa shape index (κ3) is 2.32. The Labute approximate surface area is 135 Å². The Morgan fingerprint density at radius 1 is 1.04 bits per heavy atom. The summed E-state index contributed by atoms with van der Waals surface area (Å²) in [5, 5.41) is 8.59. The zero-order valence-corrected chi connectivity index (χ0v) is 12.6. The maximum absolute atomic E-state index is 12.3. The van der Waals surface area contributed by atoms with Crippen molar-refractivity contribution in [3.63, 3.8) is 0 Å². The lowest BCUT2D eigenvalue weighted by molar-refractivity contribution is 0.406. The minimum absolute atomic E-state index is 0.0901. The minimum Gasteiger partial charge on any atom is -0.493 e. The second kappa shape index (κ2) is 5.62. The van der Waals surface area contributed by atoms with Gasteiger partial charge in [0.2, 0.25) is 5.89 Å². The summed E-state index contributed by atoms with van der Waals surface area (Å²) in [4.78, 5) is 16.3. The summed E-state index contributed by atoms with van der Waals surface area (Å²) in [5.74, 6) is 0.855. The van der Waals surface area contributed by atoms with Crippen LogP contribution >= 0.6 is 0 Å². The van der Waals surface area contributed by atoms with Crippen LogP contribution in [0.15, 0.2) is 62.4 Å². The van der Waals surface area contributed by atoms with Crippen LogP contribution in [0.4, 0.5) is 0 Å². The van der Waals surface area contributed by atoms with Gasteiger partial charge in [-0.25, -0.2) is 4.79 Å². The Morgan fingerprint density at radius 2 is 1.92 bits per heavy atom. The Morgan fingerprint density at radius 3 is 2.71 bits per heavy atom. The van der Waals surface area contributed by atoms with Gasteiger partial charge in [0.25, 0.3) is 5.89 Å². The summed E-state index contributed by atoms with van der Waals surface area (Å²) in [6, 6.07) is 10.5. The zero-order chi connectivity index (χ0) is 16.5. The highest BCUT2D eigenvalue weighted by atomic mass is 16.5. The molecule has 0 aliphatic rings. The highest BCUT2D eigenvalue weighted by molar-refractivity contribution is 5.85. The molecule has 0 spiro atoms. The first-order valence-electron chi connectivity index (χ1n) is 7.11. The molecule has 0 saturated heterocycles. The lowest BCUT2D eigenvalue weighted by Gasteiger charge is -2.03. The number of nitrogens with zero attached hydrogens (tertiary/aromatic N) is 3. The number of fused-ring (bicyclic) bond motifs is 1. The zero-order valence-electron chi connectivity index (χ0n) is 12.6. The predicted molar refractivity (Wildman–Crippen MR) is 85.6 cm³/mol. The Bertz CT molecular complexity index is 1070. The molecular weight excluding hydrogens is 310 g/mol. The molecule has 24 heavy (non-hydrogen) atoms. The van der Waals surface area contributed by atoms with Gasteiger partial charge < -0.3 is 13.6 Å². The molecule has 1 aromatic carbocycles. The topological polar surface area (TPSA) is 91.3 Å². The van der Waals surface area contributed by atoms with Gasteiger partial charge in [-0.05, 0) is 24.3 Å². The molecule has 4 rings (SSSR count). The van der Waals surface area contributed by atoms with Gasteiger partial charge in [-0.3, -0.25) is 4.98 Å². The summed E-state index contributed by atoms with van der Waals surface area (Å²) in [6.07, 6.45) is 3.25. The van der Waals surface area contributed by atoms with Crippen LogP contribution in [0.3, 0.4) is 0 Å². The number of aromatic nitrogens is 3. The summed E-state index contributed by atoms with van der Waals surface area (Å²) in [5.41, 5.74) is 0.663. The maximum atomic E-state index is 12.3. The van der Waals surface area contributed by atoms with Crippen molar-refractivity contribution in [2.24, 2.45) is 0 Å². The molecule has 0 atom stereocenters. The fourth-order valence-electron chi connectivity index (χ4n) is 2.37. The Balaban J connectivity index is 1.84. The number of hydrogen-bond acceptors (Lipinski definition) is 7. The van der Waals surface area contributed by atoms with Crippen LogP contribution < -0.4 is 10.4 Å². The SMILES string of the molecule is COc1cccc2cc(-c3nnc(-c4cccnc4)o3)c(=O)oc12. The van der Waals surface area contributed by atoms with Crippen LogP contribution in [0, 0.1) is 0 Å². The van der Waals surface area contributed by atoms with Crippen LogP contribution in [0.25, 0.3) is 33.9 Å². The lowest BCUT2D eigenvalue weighted by atomic mass is 10.2. The molecule has 0 unspecified atom stereocenters. The van der Waals surface area contributed by atoms with E-state index >= 15 is 0 Å². The lowest BCUT2D eigenvalue weighted by Crippen LogP contribution is -2.03. The molecule has 0 radical (unpaired) electrons. The summed E-state index contributed by atoms with van der Waals surface area (Å²) in [6.45, 7) is 0. The van der Waals surface area contributed by atoms with Crippen molar-refractivity contribution in [2.45, 2.75) is 0 Å². The van der Waals surface area contributed by atoms with Gasteiger partial charge in [0.1, 0.15) is 5.56 Å². The van der Waals surface area contributed by atoms with Crippen molar-refractivity contribution < 1.29 is 13.6 Å². The van der Waals surface area contributed by atoms with Crippen LogP contribution in [0.1, 0.15) is 0 Å². The molecule has 7 heteroatoms. The quantitative estimate of drug-likeness (QED) is 0.536. The molecule has 0 aliphatic carbocycles. The number of benzene rings is 1. The summed E-state index contributed by atoms with van der Waals surface area (Å²) >= 11 is 0. The van der Waals surface area contributed by atoms with Gasteiger partial charge in [0.05, 0.1) is 12.7 Å². The molecule has 0 aliphatic heterocycles. The minimum atomic E-state index is -0.576. The van der Waals surface area contributed by atoms with E-state index in [4.69, 9.17) is 13.6 Å². The Kier molecular flexibility index (Phi) is 3.31. The van der Waals surface area contributed by atoms with Gasteiger partial charge in [0, 0.05) is 17.8 Å². The van der Waals surface area contributed by atoms with E-state index in [0.29, 0.717) is 22.3 Å². The molecule has 3 heterocycles. The fraction of sp³-hybridized carbons (Fsp3) is 0.0588. The maximum Gasteiger partial charge on any atom is 0.349 e. The summed E-state index contributed by atoms with van der Waals surface area (Å²) in [7, 11) is 1.51. The summed E-state index contributed by atoms with van der Waals surface area (Å²) < 4.78 is 16.2. The number of rotatable bonds is 3. The second-order valence-electron chi connectivity index (χ2n) is 4.98. The van der Waals surface area contributed by atoms with Crippen molar-refractivity contribution >= 4 is 11.0 Å². The van der Waals surface area contributed by atoms with E-state index in [1.54, 1.807) is 42.7 Å². The van der Waals surface area contributed by atoms with E-state index in [1.807, 2.05) is 6.07 Å². The van der Waals surface area contributed by atoms with Gasteiger partial charge >= 0.3 is 5.63 Å². The van der Waals surface area contributed by atoms with E-state index < -0.39 is 5.63 Å². The van der Waals surface area contributed by atoms with Gasteiger partial charge in [0.15, 0.2) is 11.3 Å². The first-order valence-corrected chi connectivity index (χ1v) is 7.11. The molecule has 3 aromatic heterocycles. The van der Waals surface area contributed by atoms with Crippen LogP contribution in [-0.2, 0) is 0 Å². The first-order chi connectivity index (χ1) is 11.8. The van der Waals surface area contributed by atoms with Crippen molar-refractivity contribution in [1.29, 1.82) is 0 Å². The molecule has 0 saturated carbocycles. The van der Waals surface area contributed by atoms with Crippen molar-refractivity contribution in [1.82, 2.24) is 15.2 Å². The number of ether oxygens (including phenoxy) is 1. The van der Waals surface area contributed by atoms with Crippen LogP contribution in [0.2, 0.25) is 0 Å². The third-order valence-electron chi connectivity index (χ3n) is 3.51. The van der Waals surface area contributed by atoms with Crippen molar-refractivity contribution in [3.8, 4) is 28.7 Å². The van der Waals surface area contributed by atoms with E-state index in [-0.39, 0.29) is 17.3 Å². The number of hydrogen-bond donors (Lipinski definition) is 0. The van der Waals surface area contributed by atoms with Crippen LogP contribution in [-0.4, -0.2) is 22.3 Å². The van der Waals surface area contributed by atoms with Gasteiger partial charge in [-0.2, -0.15) is 0 Å². The molecule has 0 fully saturated rings. The molecule has 0 amide bonds. The molecule has 0 bridgehead atoms. The molecule has 4 aromatic rings. The Hall–Kier alpha value is -3.48. The highest BCUT2D eigenvalue weighted by Gasteiger charge is 2.17. The van der Waals surface area contributed by atoms with E-state index in [2.05, 4.69) is 15.2 Å². The fourth-order valence-corrected chi connectivity index (χ4v) is 2.37. The van der Waals surface area contributed by atoms with Gasteiger partial charge in [-0.15, -0.1) is 10.2 Å². The van der Waals surface area contributed by atoms with E-state index in [9.17, 15) is 4.79 Å². The highest BCUT2D eigenvalue weighted by Crippen LogP contribution is 2.28. The normalized spacial score (nSPS) is 10.9. The molecule has 118 valence electrons. The number of methoxy groups -OCH3 is 1. The average Bonchev–Trinajstić information content (AvgIpc) is 3.11. The predicted octanol–water partition coefficient (Wildman–Crippen LogP) is 2.91. The third-order valence-corrected chi connectivity index (χ3v) is 3.51. The van der Waals surface area contributed by atoms with E-state index in [1.165, 1.54) is 7.11 Å². The van der Waals surface area contributed by atoms with Gasteiger partial charge in [-0.1, -0.05) is 12.1 Å². The van der Waals surface area contributed by atoms with E-state index in [0.717, 1.165) is 0 Å². The largest absolute Gasteiger partial charge is 0.493 e. The second-order valence-corrected chi connectivity index (χ2v) is 4.98. The molecular formula is C17H11N3O4. The average molecular weight is 321 g/mol. The van der Waals surface area contributed by atoms with Crippen molar-refractivity contribution in [2.75, 3.05) is 7.11 Å². The molecule has 0 N–H and O–H groups in total. The van der Waals surface area contributed by atoms with Crippen LogP contribution in [0.5, 0.6) is 5.75 Å². The standard InChI is InChI=1S/C17H11N3O4/c1-22-13-6-2-4-10-8-12(17(21)23-14(10)13)16-20-19-15(24-16)11-5-3-7-18-9-11/h2-9H,1H3. The smallest absolute Gasteiger partial charge is 0.349 e. The number of pyridine rings is 1.